The highest BCUT2D eigenvalue weighted by Gasteiger charge is 2.15. The van der Waals surface area contributed by atoms with E-state index in [-0.39, 0.29) is 24.0 Å². The maximum absolute atomic E-state index is 11.5. The van der Waals surface area contributed by atoms with Crippen LogP contribution in [0.2, 0.25) is 0 Å². The van der Waals surface area contributed by atoms with Crippen LogP contribution in [0.1, 0.15) is 37.6 Å². The van der Waals surface area contributed by atoms with E-state index in [1.165, 1.54) is 5.56 Å². The first-order valence-electron chi connectivity index (χ1n) is 14.2. The first kappa shape index (κ1) is 36.1. The van der Waals surface area contributed by atoms with E-state index in [0.29, 0.717) is 52.7 Å². The first-order chi connectivity index (χ1) is 20.2. The second-order valence-corrected chi connectivity index (χ2v) is 10.8. The molecule has 0 aliphatic rings. The maximum atomic E-state index is 11.5. The van der Waals surface area contributed by atoms with Gasteiger partial charge in [-0.3, -0.25) is 0 Å². The van der Waals surface area contributed by atoms with E-state index in [4.69, 9.17) is 18.9 Å². The van der Waals surface area contributed by atoms with Crippen molar-refractivity contribution in [1.82, 2.24) is 20.3 Å². The highest BCUT2D eigenvalue weighted by atomic mass is 127. The second kappa shape index (κ2) is 19.3. The van der Waals surface area contributed by atoms with Gasteiger partial charge in [-0.2, -0.15) is 0 Å². The molecule has 0 spiro atoms. The van der Waals surface area contributed by atoms with Crippen LogP contribution in [0.15, 0.2) is 55.0 Å². The fourth-order valence-electron chi connectivity index (χ4n) is 3.70. The molecule has 236 valence electrons. The second-order valence-electron chi connectivity index (χ2n) is 10.8. The predicted octanol–water partition coefficient (Wildman–Crippen LogP) is 0.488. The molecule has 2 aromatic heterocycles. The number of hydrogen-bond donors (Lipinski definition) is 1. The van der Waals surface area contributed by atoms with Gasteiger partial charge in [0.2, 0.25) is 0 Å². The van der Waals surface area contributed by atoms with Gasteiger partial charge < -0.3 is 53.1 Å². The SMILES string of the molecule is CN(CCOCc1cn(CCOCCOCCNC(=O)OC(C)(C)C)nn1)c1ccc(/C=C/c2cc[n+](C)cc2)cc1.[I-]. The molecule has 3 aromatic rings. The highest BCUT2D eigenvalue weighted by molar-refractivity contribution is 5.70. The summed E-state index contributed by atoms with van der Waals surface area (Å²) in [5, 5.41) is 10.9. The molecule has 2 heterocycles. The quantitative estimate of drug-likeness (QED) is 0.123. The molecular weight excluding hydrogens is 663 g/mol. The van der Waals surface area contributed by atoms with Gasteiger partial charge in [-0.15, -0.1) is 5.10 Å². The molecule has 43 heavy (non-hydrogen) atoms. The summed E-state index contributed by atoms with van der Waals surface area (Å²) in [6.45, 7) is 9.96. The number of hydrogen-bond acceptors (Lipinski definition) is 8. The molecule has 0 saturated carbocycles. The van der Waals surface area contributed by atoms with E-state index in [9.17, 15) is 4.79 Å². The summed E-state index contributed by atoms with van der Waals surface area (Å²) < 4.78 is 25.8. The van der Waals surface area contributed by atoms with Gasteiger partial charge in [-0.05, 0) is 44.0 Å². The van der Waals surface area contributed by atoms with Crippen LogP contribution in [-0.2, 0) is 39.1 Å². The van der Waals surface area contributed by atoms with E-state index in [2.05, 4.69) is 76.1 Å². The van der Waals surface area contributed by atoms with Crippen LogP contribution in [0.25, 0.3) is 12.2 Å². The van der Waals surface area contributed by atoms with E-state index < -0.39 is 11.7 Å². The number of nitrogens with zero attached hydrogens (tertiary/aromatic N) is 5. The largest absolute Gasteiger partial charge is 1.00 e. The number of amides is 1. The number of carbonyl (C=O) groups excluding carboxylic acids is 1. The average Bonchev–Trinajstić information content (AvgIpc) is 3.41. The van der Waals surface area contributed by atoms with Crippen molar-refractivity contribution in [3.63, 3.8) is 0 Å². The Kier molecular flexibility index (Phi) is 16.2. The third kappa shape index (κ3) is 15.3. The number of ether oxygens (including phenoxy) is 4. The number of nitrogens with one attached hydrogen (secondary N) is 1. The Bertz CT molecular complexity index is 1230. The minimum absolute atomic E-state index is 0. The third-order valence-corrected chi connectivity index (χ3v) is 5.96. The standard InChI is InChI=1S/C31H44N6O5.HI/c1-31(2,3)42-30(38)32-14-19-39-22-23-40-21-18-37-24-28(33-34-37)25-41-20-17-36(5)29-10-8-26(9-11-29)6-7-27-12-15-35(4)16-13-27;/h6-13,15-16,24H,14,17-23,25H2,1-5H3;1H. The maximum Gasteiger partial charge on any atom is 0.407 e. The van der Waals surface area contributed by atoms with Crippen molar-refractivity contribution in [1.29, 1.82) is 0 Å². The molecule has 0 aliphatic carbocycles. The summed E-state index contributed by atoms with van der Waals surface area (Å²) in [6.07, 6.45) is 9.73. The number of likely N-dealkylation sites (N-methyl/N-ethyl adjacent to an activating group) is 1. The Balaban J connectivity index is 0.00000645. The summed E-state index contributed by atoms with van der Waals surface area (Å²) in [7, 11) is 4.07. The third-order valence-electron chi connectivity index (χ3n) is 5.96. The van der Waals surface area contributed by atoms with Gasteiger partial charge >= 0.3 is 6.09 Å². The summed E-state index contributed by atoms with van der Waals surface area (Å²) in [4.78, 5) is 13.7. The fourth-order valence-corrected chi connectivity index (χ4v) is 3.70. The summed E-state index contributed by atoms with van der Waals surface area (Å²) >= 11 is 0. The van der Waals surface area contributed by atoms with Crippen molar-refractivity contribution in [2.75, 3.05) is 58.1 Å². The first-order valence-corrected chi connectivity index (χ1v) is 14.2. The zero-order valence-electron chi connectivity index (χ0n) is 25.9. The van der Waals surface area contributed by atoms with Crippen molar-refractivity contribution in [2.24, 2.45) is 7.05 Å². The van der Waals surface area contributed by atoms with Crippen LogP contribution in [0.5, 0.6) is 0 Å². The van der Waals surface area contributed by atoms with Crippen molar-refractivity contribution < 1.29 is 52.3 Å². The van der Waals surface area contributed by atoms with Gasteiger partial charge in [-0.25, -0.2) is 14.0 Å². The van der Waals surface area contributed by atoms with Gasteiger partial charge in [-0.1, -0.05) is 29.5 Å². The van der Waals surface area contributed by atoms with Crippen molar-refractivity contribution in [3.05, 3.63) is 71.8 Å². The Hall–Kier alpha value is -3.07. The van der Waals surface area contributed by atoms with Crippen LogP contribution < -0.4 is 38.8 Å². The van der Waals surface area contributed by atoms with E-state index in [1.807, 2.05) is 51.0 Å². The summed E-state index contributed by atoms with van der Waals surface area (Å²) in [6, 6.07) is 12.7. The van der Waals surface area contributed by atoms with E-state index in [0.717, 1.165) is 23.5 Å². The molecule has 0 fully saturated rings. The lowest BCUT2D eigenvalue weighted by Gasteiger charge is -2.19. The Labute approximate surface area is 272 Å². The summed E-state index contributed by atoms with van der Waals surface area (Å²) in [5.74, 6) is 0. The lowest BCUT2D eigenvalue weighted by Crippen LogP contribution is -3.00. The number of benzene rings is 1. The molecule has 12 heteroatoms. The highest BCUT2D eigenvalue weighted by Crippen LogP contribution is 2.15. The number of aromatic nitrogens is 4. The minimum atomic E-state index is -0.511. The molecule has 1 amide bonds. The Morgan fingerprint density at radius 3 is 2.28 bits per heavy atom. The molecule has 1 N–H and O–H groups in total. The van der Waals surface area contributed by atoms with Crippen LogP contribution >= 0.6 is 0 Å². The molecule has 3 rings (SSSR count). The lowest BCUT2D eigenvalue weighted by atomic mass is 10.1. The summed E-state index contributed by atoms with van der Waals surface area (Å²) in [5.41, 5.74) is 3.73. The normalized spacial score (nSPS) is 11.4. The molecule has 1 aromatic carbocycles. The van der Waals surface area contributed by atoms with Crippen molar-refractivity contribution >= 4 is 23.9 Å². The number of aryl methyl sites for hydroxylation is 1. The van der Waals surface area contributed by atoms with Crippen molar-refractivity contribution in [2.45, 2.75) is 39.5 Å². The molecule has 0 radical (unpaired) electrons. The average molecular weight is 709 g/mol. The molecule has 0 bridgehead atoms. The Morgan fingerprint density at radius 1 is 0.953 bits per heavy atom. The zero-order chi connectivity index (χ0) is 30.2. The number of halogens is 1. The zero-order valence-corrected chi connectivity index (χ0v) is 28.0. The van der Waals surface area contributed by atoms with Crippen LogP contribution in [0.4, 0.5) is 10.5 Å². The monoisotopic (exact) mass is 708 g/mol. The van der Waals surface area contributed by atoms with Crippen LogP contribution in [0, 0.1) is 0 Å². The van der Waals surface area contributed by atoms with E-state index in [1.54, 1.807) is 4.68 Å². The molecule has 11 nitrogen and oxygen atoms in total. The molecule has 0 saturated heterocycles. The number of rotatable bonds is 17. The smallest absolute Gasteiger partial charge is 0.407 e. The minimum Gasteiger partial charge on any atom is -1.00 e. The predicted molar refractivity (Wildman–Crippen MR) is 162 cm³/mol. The van der Waals surface area contributed by atoms with Gasteiger partial charge in [0, 0.05) is 38.0 Å². The van der Waals surface area contributed by atoms with Crippen molar-refractivity contribution in [3.8, 4) is 0 Å². The number of pyridine rings is 1. The number of carbonyl (C=O) groups is 1. The molecular formula is C31H45IN6O5. The molecule has 0 atom stereocenters. The topological polar surface area (TPSA) is 104 Å². The van der Waals surface area contributed by atoms with Gasteiger partial charge in [0.1, 0.15) is 18.3 Å². The fraction of sp³-hybridized carbons (Fsp3) is 0.484. The molecule has 0 aliphatic heterocycles. The number of anilines is 1. The molecule has 0 unspecified atom stereocenters. The van der Waals surface area contributed by atoms with E-state index >= 15 is 0 Å². The number of alkyl carbamates (subject to hydrolysis) is 1. The van der Waals surface area contributed by atoms with Crippen LogP contribution in [0.3, 0.4) is 0 Å². The van der Waals surface area contributed by atoms with Gasteiger partial charge in [0.15, 0.2) is 12.4 Å². The van der Waals surface area contributed by atoms with Gasteiger partial charge in [0.25, 0.3) is 0 Å². The van der Waals surface area contributed by atoms with Gasteiger partial charge in [0.05, 0.1) is 52.4 Å². The Morgan fingerprint density at radius 2 is 1.60 bits per heavy atom. The van der Waals surface area contributed by atoms with Crippen LogP contribution in [-0.4, -0.2) is 79.9 Å². The lowest BCUT2D eigenvalue weighted by molar-refractivity contribution is -0.671.